The van der Waals surface area contributed by atoms with Crippen LogP contribution in [0, 0.1) is 0 Å². The SMILES string of the molecule is CC1(C(=O)Nc2cccc(S(=O)(=O)NCCN)c2)CCCCN1. The lowest BCUT2D eigenvalue weighted by Crippen LogP contribution is -2.54. The number of benzene rings is 1. The van der Waals surface area contributed by atoms with E-state index >= 15 is 0 Å². The summed E-state index contributed by atoms with van der Waals surface area (Å²) in [5.74, 6) is -0.151. The summed E-state index contributed by atoms with van der Waals surface area (Å²) in [5.41, 5.74) is 5.15. The molecule has 0 bridgehead atoms. The van der Waals surface area contributed by atoms with Gasteiger partial charge in [-0.05, 0) is 50.9 Å². The molecular formula is C15H24N4O3S. The molecule has 0 saturated carbocycles. The molecule has 1 aromatic rings. The van der Waals surface area contributed by atoms with Gasteiger partial charge in [0.2, 0.25) is 15.9 Å². The van der Waals surface area contributed by atoms with Gasteiger partial charge < -0.3 is 16.4 Å². The van der Waals surface area contributed by atoms with Crippen LogP contribution in [0.4, 0.5) is 5.69 Å². The Hall–Kier alpha value is -1.48. The van der Waals surface area contributed by atoms with E-state index in [1.807, 2.05) is 6.92 Å². The monoisotopic (exact) mass is 340 g/mol. The van der Waals surface area contributed by atoms with Gasteiger partial charge in [-0.15, -0.1) is 0 Å². The molecule has 7 nitrogen and oxygen atoms in total. The molecular weight excluding hydrogens is 316 g/mol. The number of piperidine rings is 1. The van der Waals surface area contributed by atoms with Gasteiger partial charge in [0.1, 0.15) is 0 Å². The normalized spacial score (nSPS) is 21.8. The van der Waals surface area contributed by atoms with Crippen molar-refractivity contribution < 1.29 is 13.2 Å². The van der Waals surface area contributed by atoms with Crippen molar-refractivity contribution in [3.05, 3.63) is 24.3 Å². The summed E-state index contributed by atoms with van der Waals surface area (Å²) in [6.07, 6.45) is 2.81. The third kappa shape index (κ3) is 4.51. The number of carbonyl (C=O) groups is 1. The molecule has 1 unspecified atom stereocenters. The van der Waals surface area contributed by atoms with E-state index in [1.165, 1.54) is 12.1 Å². The third-order valence-corrected chi connectivity index (χ3v) is 5.42. The number of nitrogens with two attached hydrogens (primary N) is 1. The van der Waals surface area contributed by atoms with Crippen molar-refractivity contribution in [1.82, 2.24) is 10.0 Å². The Morgan fingerprint density at radius 3 is 2.83 bits per heavy atom. The predicted octanol–water partition coefficient (Wildman–Crippen LogP) is 0.394. The molecule has 23 heavy (non-hydrogen) atoms. The van der Waals surface area contributed by atoms with Gasteiger partial charge in [-0.25, -0.2) is 13.1 Å². The maximum Gasteiger partial charge on any atom is 0.244 e. The number of hydrogen-bond donors (Lipinski definition) is 4. The minimum Gasteiger partial charge on any atom is -0.329 e. The van der Waals surface area contributed by atoms with E-state index < -0.39 is 15.6 Å². The van der Waals surface area contributed by atoms with Gasteiger partial charge >= 0.3 is 0 Å². The molecule has 8 heteroatoms. The van der Waals surface area contributed by atoms with Crippen LogP contribution in [0.15, 0.2) is 29.2 Å². The predicted molar refractivity (Wildman–Crippen MR) is 89.6 cm³/mol. The molecule has 1 saturated heterocycles. The van der Waals surface area contributed by atoms with E-state index in [9.17, 15) is 13.2 Å². The first-order valence-corrected chi connectivity index (χ1v) is 9.22. The van der Waals surface area contributed by atoms with Crippen molar-refractivity contribution in [1.29, 1.82) is 0 Å². The minimum absolute atomic E-state index is 0.102. The van der Waals surface area contributed by atoms with Crippen molar-refractivity contribution in [2.24, 2.45) is 5.73 Å². The molecule has 2 rings (SSSR count). The van der Waals surface area contributed by atoms with Gasteiger partial charge in [0.15, 0.2) is 0 Å². The summed E-state index contributed by atoms with van der Waals surface area (Å²) in [7, 11) is -3.62. The van der Waals surface area contributed by atoms with Gasteiger partial charge in [-0.2, -0.15) is 0 Å². The van der Waals surface area contributed by atoms with E-state index in [-0.39, 0.29) is 23.9 Å². The Balaban J connectivity index is 2.12. The molecule has 1 fully saturated rings. The van der Waals surface area contributed by atoms with E-state index in [4.69, 9.17) is 5.73 Å². The van der Waals surface area contributed by atoms with Crippen molar-refractivity contribution >= 4 is 21.6 Å². The first kappa shape index (κ1) is 17.9. The second-order valence-electron chi connectivity index (χ2n) is 5.88. The fraction of sp³-hybridized carbons (Fsp3) is 0.533. The van der Waals surface area contributed by atoms with Crippen molar-refractivity contribution in [3.63, 3.8) is 0 Å². The van der Waals surface area contributed by atoms with Crippen molar-refractivity contribution in [3.8, 4) is 0 Å². The van der Waals surface area contributed by atoms with Crippen LogP contribution in [-0.2, 0) is 14.8 Å². The highest BCUT2D eigenvalue weighted by Crippen LogP contribution is 2.22. The van der Waals surface area contributed by atoms with Crippen LogP contribution >= 0.6 is 0 Å². The average molecular weight is 340 g/mol. The molecule has 1 amide bonds. The molecule has 128 valence electrons. The summed E-state index contributed by atoms with van der Waals surface area (Å²) < 4.78 is 26.6. The Morgan fingerprint density at radius 1 is 1.39 bits per heavy atom. The summed E-state index contributed by atoms with van der Waals surface area (Å²) in [4.78, 5) is 12.6. The number of amides is 1. The molecule has 1 aliphatic rings. The summed E-state index contributed by atoms with van der Waals surface area (Å²) in [6.45, 7) is 3.06. The zero-order valence-corrected chi connectivity index (χ0v) is 14.1. The Labute approximate surface area is 137 Å². The molecule has 1 heterocycles. The van der Waals surface area contributed by atoms with E-state index in [2.05, 4.69) is 15.4 Å². The van der Waals surface area contributed by atoms with Gasteiger partial charge in [0.25, 0.3) is 0 Å². The topological polar surface area (TPSA) is 113 Å². The van der Waals surface area contributed by atoms with Gasteiger partial charge in [0, 0.05) is 18.8 Å². The van der Waals surface area contributed by atoms with Crippen molar-refractivity contribution in [2.45, 2.75) is 36.6 Å². The number of carbonyl (C=O) groups excluding carboxylic acids is 1. The summed E-state index contributed by atoms with van der Waals surface area (Å²) >= 11 is 0. The number of hydrogen-bond acceptors (Lipinski definition) is 5. The molecule has 1 aromatic carbocycles. The quantitative estimate of drug-likeness (QED) is 0.598. The van der Waals surface area contributed by atoms with Crippen LogP contribution in [0.25, 0.3) is 0 Å². The standard InChI is InChI=1S/C15H24N4O3S/c1-15(7-2-3-9-17-15)14(20)19-12-5-4-6-13(11-12)23(21,22)18-10-8-16/h4-6,11,17-18H,2-3,7-10,16H2,1H3,(H,19,20). The second kappa shape index (κ2) is 7.39. The van der Waals surface area contributed by atoms with Crippen LogP contribution in [0.2, 0.25) is 0 Å². The number of anilines is 1. The van der Waals surface area contributed by atoms with Crippen molar-refractivity contribution in [2.75, 3.05) is 25.0 Å². The molecule has 0 aliphatic carbocycles. The van der Waals surface area contributed by atoms with Crippen LogP contribution in [-0.4, -0.2) is 39.5 Å². The summed E-state index contributed by atoms with van der Waals surface area (Å²) in [6, 6.07) is 6.20. The lowest BCUT2D eigenvalue weighted by Gasteiger charge is -2.33. The van der Waals surface area contributed by atoms with Crippen LogP contribution in [0.1, 0.15) is 26.2 Å². The molecule has 1 atom stereocenters. The lowest BCUT2D eigenvalue weighted by atomic mass is 9.90. The fourth-order valence-corrected chi connectivity index (χ4v) is 3.63. The largest absolute Gasteiger partial charge is 0.329 e. The highest BCUT2D eigenvalue weighted by atomic mass is 32.2. The van der Waals surface area contributed by atoms with Crippen LogP contribution in [0.5, 0.6) is 0 Å². The Bertz CT molecular complexity index is 654. The first-order valence-electron chi connectivity index (χ1n) is 7.74. The second-order valence-corrected chi connectivity index (χ2v) is 7.65. The molecule has 0 aromatic heterocycles. The lowest BCUT2D eigenvalue weighted by molar-refractivity contribution is -0.122. The van der Waals surface area contributed by atoms with Crippen LogP contribution < -0.4 is 21.1 Å². The number of rotatable bonds is 6. The van der Waals surface area contributed by atoms with E-state index in [1.54, 1.807) is 12.1 Å². The maximum atomic E-state index is 12.5. The highest BCUT2D eigenvalue weighted by molar-refractivity contribution is 7.89. The fourth-order valence-electron chi connectivity index (χ4n) is 2.54. The van der Waals surface area contributed by atoms with E-state index in [0.29, 0.717) is 5.69 Å². The third-order valence-electron chi connectivity index (χ3n) is 3.96. The van der Waals surface area contributed by atoms with Gasteiger partial charge in [-0.3, -0.25) is 4.79 Å². The zero-order chi connectivity index (χ0) is 16.9. The smallest absolute Gasteiger partial charge is 0.244 e. The minimum atomic E-state index is -3.62. The molecule has 0 spiro atoms. The first-order chi connectivity index (χ1) is 10.9. The van der Waals surface area contributed by atoms with E-state index in [0.717, 1.165) is 25.8 Å². The van der Waals surface area contributed by atoms with Gasteiger partial charge in [0.05, 0.1) is 10.4 Å². The molecule has 5 N–H and O–H groups in total. The van der Waals surface area contributed by atoms with Crippen LogP contribution in [0.3, 0.4) is 0 Å². The molecule has 0 radical (unpaired) electrons. The Morgan fingerprint density at radius 2 is 2.17 bits per heavy atom. The number of nitrogens with one attached hydrogen (secondary N) is 3. The Kier molecular flexibility index (Phi) is 5.74. The zero-order valence-electron chi connectivity index (χ0n) is 13.3. The summed E-state index contributed by atoms with van der Waals surface area (Å²) in [5, 5.41) is 6.03. The highest BCUT2D eigenvalue weighted by Gasteiger charge is 2.34. The average Bonchev–Trinajstić information content (AvgIpc) is 2.54. The van der Waals surface area contributed by atoms with Gasteiger partial charge in [-0.1, -0.05) is 6.07 Å². The molecule has 1 aliphatic heterocycles. The maximum absolute atomic E-state index is 12.5. The number of sulfonamides is 1.